The Morgan fingerprint density at radius 3 is 2.46 bits per heavy atom. The fourth-order valence-electron chi connectivity index (χ4n) is 3.09. The van der Waals surface area contributed by atoms with Gasteiger partial charge >= 0.3 is 0 Å². The van der Waals surface area contributed by atoms with Crippen molar-refractivity contribution in [3.05, 3.63) is 59.2 Å². The van der Waals surface area contributed by atoms with Crippen molar-refractivity contribution in [2.45, 2.75) is 26.3 Å². The van der Waals surface area contributed by atoms with Crippen LogP contribution in [-0.2, 0) is 16.4 Å². The Balaban J connectivity index is 1.86. The minimum Gasteiger partial charge on any atom is -0.322 e. The minimum atomic E-state index is -3.32. The molecule has 2 aromatic carbocycles. The SMILES string of the molecule is Cc1ccc(NC(=O)c2ccc3c(c2)C[C@@H](C)N3S(C)(=O)=O)cc1. The molecule has 24 heavy (non-hydrogen) atoms. The van der Waals surface area contributed by atoms with Crippen LogP contribution in [0.4, 0.5) is 11.4 Å². The van der Waals surface area contributed by atoms with Crippen LogP contribution in [0.1, 0.15) is 28.4 Å². The van der Waals surface area contributed by atoms with Crippen LogP contribution in [0.15, 0.2) is 42.5 Å². The molecule has 1 N–H and O–H groups in total. The van der Waals surface area contributed by atoms with Gasteiger partial charge in [0.15, 0.2) is 0 Å². The second kappa shape index (κ2) is 5.94. The maximum atomic E-state index is 12.4. The van der Waals surface area contributed by atoms with Crippen LogP contribution in [0.25, 0.3) is 0 Å². The van der Waals surface area contributed by atoms with Crippen LogP contribution in [0, 0.1) is 6.92 Å². The highest BCUT2D eigenvalue weighted by molar-refractivity contribution is 7.92. The predicted molar refractivity (Wildman–Crippen MR) is 96.1 cm³/mol. The van der Waals surface area contributed by atoms with Crippen LogP contribution >= 0.6 is 0 Å². The van der Waals surface area contributed by atoms with E-state index in [9.17, 15) is 13.2 Å². The third-order valence-electron chi connectivity index (χ3n) is 4.16. The molecule has 0 saturated carbocycles. The van der Waals surface area contributed by atoms with Gasteiger partial charge in [-0.1, -0.05) is 17.7 Å². The van der Waals surface area contributed by atoms with Crippen LogP contribution in [0.2, 0.25) is 0 Å². The normalized spacial score (nSPS) is 16.8. The first-order chi connectivity index (χ1) is 11.3. The third-order valence-corrected chi connectivity index (χ3v) is 5.43. The molecule has 1 atom stereocenters. The molecule has 0 unspecified atom stereocenters. The van der Waals surface area contributed by atoms with Crippen molar-refractivity contribution in [1.29, 1.82) is 0 Å². The highest BCUT2D eigenvalue weighted by atomic mass is 32.2. The van der Waals surface area contributed by atoms with Crippen LogP contribution in [-0.4, -0.2) is 26.6 Å². The summed E-state index contributed by atoms with van der Waals surface area (Å²) in [5.74, 6) is -0.202. The number of sulfonamides is 1. The molecule has 0 saturated heterocycles. The second-order valence-electron chi connectivity index (χ2n) is 6.28. The van der Waals surface area contributed by atoms with Gasteiger partial charge in [-0.25, -0.2) is 8.42 Å². The van der Waals surface area contributed by atoms with Gasteiger partial charge in [0, 0.05) is 17.3 Å². The van der Waals surface area contributed by atoms with E-state index in [4.69, 9.17) is 0 Å². The Hall–Kier alpha value is -2.34. The van der Waals surface area contributed by atoms with Gasteiger partial charge in [0.1, 0.15) is 0 Å². The highest BCUT2D eigenvalue weighted by Gasteiger charge is 2.32. The maximum Gasteiger partial charge on any atom is 0.255 e. The Bertz CT molecular complexity index is 889. The van der Waals surface area contributed by atoms with Crippen LogP contribution in [0.3, 0.4) is 0 Å². The monoisotopic (exact) mass is 344 g/mol. The van der Waals surface area contributed by atoms with E-state index >= 15 is 0 Å². The van der Waals surface area contributed by atoms with E-state index in [2.05, 4.69) is 5.32 Å². The number of hydrogen-bond donors (Lipinski definition) is 1. The van der Waals surface area contributed by atoms with Crippen molar-refractivity contribution in [2.75, 3.05) is 15.9 Å². The maximum absolute atomic E-state index is 12.4. The molecule has 0 aromatic heterocycles. The lowest BCUT2D eigenvalue weighted by molar-refractivity contribution is 0.102. The zero-order valence-electron chi connectivity index (χ0n) is 13.9. The van der Waals surface area contributed by atoms with Crippen LogP contribution in [0.5, 0.6) is 0 Å². The summed E-state index contributed by atoms with van der Waals surface area (Å²) in [7, 11) is -3.32. The summed E-state index contributed by atoms with van der Waals surface area (Å²) in [6.07, 6.45) is 1.81. The van der Waals surface area contributed by atoms with Gasteiger partial charge in [-0.3, -0.25) is 9.10 Å². The molecule has 2 aromatic rings. The van der Waals surface area contributed by atoms with Crippen molar-refractivity contribution >= 4 is 27.3 Å². The molecule has 126 valence electrons. The Kier molecular flexibility index (Phi) is 4.09. The molecule has 1 aliphatic rings. The van der Waals surface area contributed by atoms with E-state index < -0.39 is 10.0 Å². The largest absolute Gasteiger partial charge is 0.322 e. The lowest BCUT2D eigenvalue weighted by Crippen LogP contribution is -2.34. The summed E-state index contributed by atoms with van der Waals surface area (Å²) in [4.78, 5) is 12.4. The smallest absolute Gasteiger partial charge is 0.255 e. The van der Waals surface area contributed by atoms with E-state index in [1.807, 2.05) is 38.1 Å². The molecule has 1 heterocycles. The lowest BCUT2D eigenvalue weighted by atomic mass is 10.1. The summed E-state index contributed by atoms with van der Waals surface area (Å²) in [6, 6.07) is 12.6. The predicted octanol–water partition coefficient (Wildman–Crippen LogP) is 2.96. The quantitative estimate of drug-likeness (QED) is 0.931. The van der Waals surface area contributed by atoms with Gasteiger partial charge in [-0.15, -0.1) is 0 Å². The number of amides is 1. The topological polar surface area (TPSA) is 66.5 Å². The Labute approximate surface area is 142 Å². The molecule has 0 fully saturated rings. The fraction of sp³-hybridized carbons (Fsp3) is 0.278. The first-order valence-electron chi connectivity index (χ1n) is 7.76. The molecule has 5 nitrogen and oxygen atoms in total. The number of rotatable bonds is 3. The minimum absolute atomic E-state index is 0.134. The van der Waals surface area contributed by atoms with Gasteiger partial charge in [-0.05, 0) is 56.2 Å². The van der Waals surface area contributed by atoms with Crippen molar-refractivity contribution in [2.24, 2.45) is 0 Å². The molecule has 6 heteroatoms. The van der Waals surface area contributed by atoms with E-state index in [1.54, 1.807) is 18.2 Å². The number of hydrogen-bond acceptors (Lipinski definition) is 3. The molecule has 3 rings (SSSR count). The number of anilines is 2. The van der Waals surface area contributed by atoms with E-state index in [1.165, 1.54) is 10.6 Å². The molecular formula is C18H20N2O3S. The highest BCUT2D eigenvalue weighted by Crippen LogP contribution is 2.34. The molecule has 1 amide bonds. The first kappa shape index (κ1) is 16.5. The second-order valence-corrected chi connectivity index (χ2v) is 8.14. The molecule has 0 bridgehead atoms. The van der Waals surface area contributed by atoms with Gasteiger partial charge < -0.3 is 5.32 Å². The first-order valence-corrected chi connectivity index (χ1v) is 9.61. The van der Waals surface area contributed by atoms with Crippen molar-refractivity contribution in [3.63, 3.8) is 0 Å². The Morgan fingerprint density at radius 2 is 1.83 bits per heavy atom. The number of nitrogens with zero attached hydrogens (tertiary/aromatic N) is 1. The molecule has 0 radical (unpaired) electrons. The number of carbonyl (C=O) groups excluding carboxylic acids is 1. The van der Waals surface area contributed by atoms with Crippen LogP contribution < -0.4 is 9.62 Å². The zero-order valence-corrected chi connectivity index (χ0v) is 14.7. The molecule has 0 aliphatic carbocycles. The molecule has 1 aliphatic heterocycles. The van der Waals surface area contributed by atoms with Crippen molar-refractivity contribution < 1.29 is 13.2 Å². The average molecular weight is 344 g/mol. The number of benzene rings is 2. The van der Waals surface area contributed by atoms with E-state index in [0.717, 1.165) is 16.8 Å². The molecule has 0 spiro atoms. The average Bonchev–Trinajstić information content (AvgIpc) is 2.84. The van der Waals surface area contributed by atoms with Gasteiger partial charge in [0.2, 0.25) is 10.0 Å². The number of aryl methyl sites for hydroxylation is 1. The van der Waals surface area contributed by atoms with E-state index in [0.29, 0.717) is 17.7 Å². The molecular weight excluding hydrogens is 324 g/mol. The van der Waals surface area contributed by atoms with Gasteiger partial charge in [0.25, 0.3) is 5.91 Å². The van der Waals surface area contributed by atoms with Gasteiger partial charge in [0.05, 0.1) is 11.9 Å². The van der Waals surface area contributed by atoms with E-state index in [-0.39, 0.29) is 11.9 Å². The Morgan fingerprint density at radius 1 is 1.17 bits per heavy atom. The summed E-state index contributed by atoms with van der Waals surface area (Å²) in [5, 5.41) is 2.86. The number of carbonyl (C=O) groups is 1. The van der Waals surface area contributed by atoms with Crippen molar-refractivity contribution in [1.82, 2.24) is 0 Å². The summed E-state index contributed by atoms with van der Waals surface area (Å²) in [5.41, 5.74) is 3.93. The summed E-state index contributed by atoms with van der Waals surface area (Å²) in [6.45, 7) is 3.86. The third kappa shape index (κ3) is 3.14. The number of fused-ring (bicyclic) bond motifs is 1. The standard InChI is InChI=1S/C18H20N2O3S/c1-12-4-7-16(8-5-12)19-18(21)14-6-9-17-15(11-14)10-13(2)20(17)24(3,22)23/h4-9,11,13H,10H2,1-3H3,(H,19,21)/t13-/m1/s1. The fourth-order valence-corrected chi connectivity index (χ4v) is 4.35. The zero-order chi connectivity index (χ0) is 17.5. The lowest BCUT2D eigenvalue weighted by Gasteiger charge is -2.21. The summed E-state index contributed by atoms with van der Waals surface area (Å²) >= 11 is 0. The summed E-state index contributed by atoms with van der Waals surface area (Å²) < 4.78 is 25.3. The number of nitrogens with one attached hydrogen (secondary N) is 1. The van der Waals surface area contributed by atoms with Gasteiger partial charge in [-0.2, -0.15) is 0 Å². The van der Waals surface area contributed by atoms with Crippen molar-refractivity contribution in [3.8, 4) is 0 Å².